The maximum Gasteiger partial charge on any atom is 0.316 e. The van der Waals surface area contributed by atoms with Crippen molar-refractivity contribution in [3.63, 3.8) is 0 Å². The van der Waals surface area contributed by atoms with Crippen molar-refractivity contribution in [3.05, 3.63) is 41.5 Å². The number of para-hydroxylation sites is 1. The monoisotopic (exact) mass is 288 g/mol. The Bertz CT molecular complexity index is 649. The van der Waals surface area contributed by atoms with E-state index in [0.29, 0.717) is 11.7 Å². The van der Waals surface area contributed by atoms with Crippen LogP contribution in [0, 0.1) is 6.92 Å². The summed E-state index contributed by atoms with van der Waals surface area (Å²) in [5, 5.41) is 5.43. The number of benzene rings is 1. The summed E-state index contributed by atoms with van der Waals surface area (Å²) in [6.45, 7) is 6.07. The summed E-state index contributed by atoms with van der Waals surface area (Å²) in [4.78, 5) is 21.2. The topological polar surface area (TPSA) is 60.2 Å². The molecule has 1 amide bonds. The number of hydrogen-bond donors (Lipinski definition) is 0. The second kappa shape index (κ2) is 6.05. The Labute approximate surface area is 124 Å². The average molecular weight is 288 g/mol. The lowest BCUT2D eigenvalue weighted by Gasteiger charge is -2.13. The summed E-state index contributed by atoms with van der Waals surface area (Å²) in [7, 11) is 2.95. The molecule has 112 valence electrons. The molecule has 2 rings (SSSR count). The molecule has 6 nitrogen and oxygen atoms in total. The fourth-order valence-corrected chi connectivity index (χ4v) is 2.10. The predicted octanol–water partition coefficient (Wildman–Crippen LogP) is 2.33. The summed E-state index contributed by atoms with van der Waals surface area (Å²) < 4.78 is 1.70. The molecule has 0 spiro atoms. The van der Waals surface area contributed by atoms with E-state index in [1.54, 1.807) is 4.68 Å². The molecule has 2 aromatic rings. The number of rotatable bonds is 4. The largest absolute Gasteiger partial charge is 0.316 e. The van der Waals surface area contributed by atoms with Gasteiger partial charge in [0.25, 0.3) is 0 Å². The Hall–Kier alpha value is -2.21. The van der Waals surface area contributed by atoms with Gasteiger partial charge in [-0.15, -0.1) is 5.10 Å². The van der Waals surface area contributed by atoms with E-state index in [4.69, 9.17) is 4.84 Å². The molecule has 0 radical (unpaired) electrons. The van der Waals surface area contributed by atoms with Crippen LogP contribution in [0.4, 0.5) is 0 Å². The molecule has 0 aliphatic carbocycles. The normalized spacial score (nSPS) is 11.0. The first-order chi connectivity index (χ1) is 9.95. The van der Waals surface area contributed by atoms with Gasteiger partial charge in [-0.1, -0.05) is 32.0 Å². The number of carbonyl (C=O) groups is 1. The lowest BCUT2D eigenvalue weighted by molar-refractivity contribution is -0.0764. The van der Waals surface area contributed by atoms with Gasteiger partial charge in [-0.2, -0.15) is 0 Å². The second-order valence-electron chi connectivity index (χ2n) is 5.09. The fraction of sp³-hybridized carbons (Fsp3) is 0.400. The van der Waals surface area contributed by atoms with E-state index in [1.807, 2.05) is 25.1 Å². The second-order valence-corrected chi connectivity index (χ2v) is 5.09. The highest BCUT2D eigenvalue weighted by atomic mass is 16.7. The number of amides is 1. The molecule has 1 heterocycles. The zero-order valence-electron chi connectivity index (χ0n) is 13.0. The molecule has 1 aromatic heterocycles. The Balaban J connectivity index is 2.47. The third kappa shape index (κ3) is 2.95. The molecule has 0 N–H and O–H groups in total. The van der Waals surface area contributed by atoms with Crippen molar-refractivity contribution in [2.75, 3.05) is 14.2 Å². The van der Waals surface area contributed by atoms with Gasteiger partial charge in [0.1, 0.15) is 5.82 Å². The minimum absolute atomic E-state index is 0.121. The molecule has 21 heavy (non-hydrogen) atoms. The summed E-state index contributed by atoms with van der Waals surface area (Å²) in [6, 6.07) is 7.98. The SMILES string of the molecule is CON(C)C(=O)c1nc(C)n(-c2ccccc2C(C)C)n1. The first kappa shape index (κ1) is 15.2. The lowest BCUT2D eigenvalue weighted by atomic mass is 10.0. The number of nitrogens with zero attached hydrogens (tertiary/aromatic N) is 4. The molecule has 0 saturated carbocycles. The maximum atomic E-state index is 12.1. The van der Waals surface area contributed by atoms with E-state index in [0.717, 1.165) is 16.3 Å². The molecular formula is C15H20N4O2. The Morgan fingerprint density at radius 2 is 2.00 bits per heavy atom. The molecule has 0 aliphatic rings. The average Bonchev–Trinajstić information content (AvgIpc) is 2.87. The standard InChI is InChI=1S/C15H20N4O2/c1-10(2)12-8-6-7-9-13(12)19-11(3)16-14(17-19)15(20)18(4)21-5/h6-10H,1-5H3. The van der Waals surface area contributed by atoms with Gasteiger partial charge in [0, 0.05) is 7.05 Å². The number of carbonyl (C=O) groups excluding carboxylic acids is 1. The van der Waals surface area contributed by atoms with Crippen LogP contribution in [0.25, 0.3) is 5.69 Å². The van der Waals surface area contributed by atoms with E-state index in [1.165, 1.54) is 14.2 Å². The van der Waals surface area contributed by atoms with Crippen molar-refractivity contribution < 1.29 is 9.63 Å². The van der Waals surface area contributed by atoms with Gasteiger partial charge in [0.05, 0.1) is 12.8 Å². The molecule has 6 heteroatoms. The third-order valence-corrected chi connectivity index (χ3v) is 3.31. The van der Waals surface area contributed by atoms with E-state index >= 15 is 0 Å². The van der Waals surface area contributed by atoms with Crippen LogP contribution in [-0.2, 0) is 4.84 Å². The minimum atomic E-state index is -0.374. The van der Waals surface area contributed by atoms with Gasteiger partial charge in [0.15, 0.2) is 0 Å². The quantitative estimate of drug-likeness (QED) is 0.810. The van der Waals surface area contributed by atoms with Gasteiger partial charge in [-0.05, 0) is 24.5 Å². The third-order valence-electron chi connectivity index (χ3n) is 3.31. The highest BCUT2D eigenvalue weighted by molar-refractivity contribution is 5.89. The van der Waals surface area contributed by atoms with Gasteiger partial charge in [-0.25, -0.2) is 14.7 Å². The van der Waals surface area contributed by atoms with Crippen LogP contribution in [0.2, 0.25) is 0 Å². The number of hydrogen-bond acceptors (Lipinski definition) is 4. The highest BCUT2D eigenvalue weighted by Gasteiger charge is 2.20. The molecule has 0 saturated heterocycles. The Morgan fingerprint density at radius 1 is 1.33 bits per heavy atom. The van der Waals surface area contributed by atoms with E-state index < -0.39 is 0 Å². The zero-order valence-corrected chi connectivity index (χ0v) is 13.0. The molecule has 0 unspecified atom stereocenters. The van der Waals surface area contributed by atoms with Crippen molar-refractivity contribution in [3.8, 4) is 5.69 Å². The highest BCUT2D eigenvalue weighted by Crippen LogP contribution is 2.23. The Morgan fingerprint density at radius 3 is 2.62 bits per heavy atom. The van der Waals surface area contributed by atoms with Crippen LogP contribution in [0.1, 0.15) is 41.8 Å². The molecule has 0 bridgehead atoms. The summed E-state index contributed by atoms with van der Waals surface area (Å²) in [6.07, 6.45) is 0. The van der Waals surface area contributed by atoms with Crippen LogP contribution >= 0.6 is 0 Å². The van der Waals surface area contributed by atoms with Crippen LogP contribution in [-0.4, -0.2) is 39.9 Å². The van der Waals surface area contributed by atoms with Crippen molar-refractivity contribution in [2.45, 2.75) is 26.7 Å². The minimum Gasteiger partial charge on any atom is -0.274 e. The van der Waals surface area contributed by atoms with E-state index in [9.17, 15) is 4.79 Å². The van der Waals surface area contributed by atoms with Crippen molar-refractivity contribution >= 4 is 5.91 Å². The number of aromatic nitrogens is 3. The molecular weight excluding hydrogens is 268 g/mol. The number of aryl methyl sites for hydroxylation is 1. The van der Waals surface area contributed by atoms with Crippen LogP contribution < -0.4 is 0 Å². The molecule has 0 fully saturated rings. The van der Waals surface area contributed by atoms with Gasteiger partial charge in [-0.3, -0.25) is 9.63 Å². The van der Waals surface area contributed by atoms with Crippen molar-refractivity contribution in [2.24, 2.45) is 0 Å². The number of hydroxylamine groups is 2. The smallest absolute Gasteiger partial charge is 0.274 e. The zero-order chi connectivity index (χ0) is 15.6. The maximum absolute atomic E-state index is 12.1. The predicted molar refractivity (Wildman–Crippen MR) is 79.3 cm³/mol. The summed E-state index contributed by atoms with van der Waals surface area (Å²) in [5.74, 6) is 0.762. The van der Waals surface area contributed by atoms with Crippen molar-refractivity contribution in [1.29, 1.82) is 0 Å². The van der Waals surface area contributed by atoms with Crippen LogP contribution in [0.3, 0.4) is 0 Å². The first-order valence-electron chi connectivity index (χ1n) is 6.80. The lowest BCUT2D eigenvalue weighted by Crippen LogP contribution is -2.26. The van der Waals surface area contributed by atoms with Crippen molar-refractivity contribution in [1.82, 2.24) is 19.8 Å². The fourth-order valence-electron chi connectivity index (χ4n) is 2.10. The first-order valence-corrected chi connectivity index (χ1v) is 6.80. The summed E-state index contributed by atoms with van der Waals surface area (Å²) >= 11 is 0. The molecule has 0 atom stereocenters. The summed E-state index contributed by atoms with van der Waals surface area (Å²) in [5.41, 5.74) is 2.10. The Kier molecular flexibility index (Phi) is 4.37. The van der Waals surface area contributed by atoms with E-state index in [2.05, 4.69) is 30.0 Å². The molecule has 0 aliphatic heterocycles. The van der Waals surface area contributed by atoms with Crippen LogP contribution in [0.5, 0.6) is 0 Å². The van der Waals surface area contributed by atoms with Gasteiger partial charge in [0.2, 0.25) is 5.82 Å². The van der Waals surface area contributed by atoms with Gasteiger partial charge < -0.3 is 0 Å². The van der Waals surface area contributed by atoms with Crippen LogP contribution in [0.15, 0.2) is 24.3 Å². The van der Waals surface area contributed by atoms with E-state index in [-0.39, 0.29) is 11.7 Å². The van der Waals surface area contributed by atoms with Gasteiger partial charge >= 0.3 is 5.91 Å². The molecule has 1 aromatic carbocycles.